The molecule has 6 nitrogen and oxygen atoms in total. The van der Waals surface area contributed by atoms with Crippen LogP contribution in [0.15, 0.2) is 6.20 Å². The maximum Gasteiger partial charge on any atom is 0.319 e. The molecule has 1 N–H and O–H groups in total. The first-order valence-electron chi connectivity index (χ1n) is 6.49. The van der Waals surface area contributed by atoms with Gasteiger partial charge < -0.3 is 14.8 Å². The fraction of sp³-hybridized carbons (Fsp3) is 0.615. The van der Waals surface area contributed by atoms with Crippen LogP contribution in [0.4, 0.5) is 5.69 Å². The molecule has 0 aromatic carbocycles. The Morgan fingerprint density at radius 3 is 2.58 bits per heavy atom. The number of nitrogens with zero attached hydrogens (tertiary/aromatic N) is 2. The van der Waals surface area contributed by atoms with Gasteiger partial charge >= 0.3 is 6.01 Å². The van der Waals surface area contributed by atoms with Crippen LogP contribution in [-0.4, -0.2) is 29.1 Å². The summed E-state index contributed by atoms with van der Waals surface area (Å²) in [7, 11) is 0. The number of amides is 1. The average molecular weight is 267 g/mol. The minimum atomic E-state index is -0.0799. The SMILES string of the molecule is CCOc1ncc(NC(=O)CC(C)C)c(OCC)n1. The summed E-state index contributed by atoms with van der Waals surface area (Å²) in [4.78, 5) is 19.9. The quantitative estimate of drug-likeness (QED) is 0.820. The van der Waals surface area contributed by atoms with E-state index in [0.29, 0.717) is 37.1 Å². The maximum absolute atomic E-state index is 11.7. The molecule has 1 heterocycles. The van der Waals surface area contributed by atoms with Gasteiger partial charge in [-0.05, 0) is 19.8 Å². The number of ether oxygens (including phenoxy) is 2. The molecule has 19 heavy (non-hydrogen) atoms. The second kappa shape index (κ2) is 7.56. The van der Waals surface area contributed by atoms with E-state index in [4.69, 9.17) is 9.47 Å². The summed E-state index contributed by atoms with van der Waals surface area (Å²) in [5.41, 5.74) is 0.468. The first-order chi connectivity index (χ1) is 9.06. The zero-order valence-electron chi connectivity index (χ0n) is 11.9. The van der Waals surface area contributed by atoms with Gasteiger partial charge in [-0.15, -0.1) is 0 Å². The van der Waals surface area contributed by atoms with E-state index in [1.165, 1.54) is 6.20 Å². The first-order valence-corrected chi connectivity index (χ1v) is 6.49. The number of anilines is 1. The van der Waals surface area contributed by atoms with Gasteiger partial charge in [0.15, 0.2) is 0 Å². The van der Waals surface area contributed by atoms with Crippen LogP contribution in [0.25, 0.3) is 0 Å². The summed E-state index contributed by atoms with van der Waals surface area (Å²) in [6, 6.07) is 0.243. The Kier molecular flexibility index (Phi) is 6.05. The van der Waals surface area contributed by atoms with E-state index in [1.54, 1.807) is 0 Å². The number of hydrogen-bond acceptors (Lipinski definition) is 5. The highest BCUT2D eigenvalue weighted by Gasteiger charge is 2.13. The largest absolute Gasteiger partial charge is 0.476 e. The lowest BCUT2D eigenvalue weighted by atomic mass is 10.1. The van der Waals surface area contributed by atoms with Crippen molar-refractivity contribution in [2.45, 2.75) is 34.1 Å². The first kappa shape index (κ1) is 15.2. The Hall–Kier alpha value is -1.85. The van der Waals surface area contributed by atoms with Crippen LogP contribution in [0.5, 0.6) is 11.9 Å². The molecule has 0 aliphatic heterocycles. The molecule has 1 rings (SSSR count). The molecule has 0 aliphatic rings. The maximum atomic E-state index is 11.7. The number of rotatable bonds is 7. The Morgan fingerprint density at radius 1 is 1.32 bits per heavy atom. The summed E-state index contributed by atoms with van der Waals surface area (Å²) in [6.45, 7) is 8.60. The third-order valence-electron chi connectivity index (χ3n) is 2.15. The number of aromatic nitrogens is 2. The highest BCUT2D eigenvalue weighted by molar-refractivity contribution is 5.91. The van der Waals surface area contributed by atoms with Crippen LogP contribution >= 0.6 is 0 Å². The van der Waals surface area contributed by atoms with E-state index in [2.05, 4.69) is 15.3 Å². The number of carbonyl (C=O) groups is 1. The summed E-state index contributed by atoms with van der Waals surface area (Å²) in [5.74, 6) is 0.543. The minimum Gasteiger partial charge on any atom is -0.476 e. The van der Waals surface area contributed by atoms with Crippen molar-refractivity contribution >= 4 is 11.6 Å². The van der Waals surface area contributed by atoms with Gasteiger partial charge in [-0.3, -0.25) is 4.79 Å². The standard InChI is InChI=1S/C13H21N3O3/c1-5-18-12-10(15-11(17)7-9(3)4)8-14-13(16-12)19-6-2/h8-9H,5-7H2,1-4H3,(H,15,17). The van der Waals surface area contributed by atoms with E-state index in [9.17, 15) is 4.79 Å². The van der Waals surface area contributed by atoms with Gasteiger partial charge in [-0.1, -0.05) is 13.8 Å². The second-order valence-electron chi connectivity index (χ2n) is 4.38. The smallest absolute Gasteiger partial charge is 0.319 e. The molecule has 0 fully saturated rings. The van der Waals surface area contributed by atoms with Crippen LogP contribution in [-0.2, 0) is 4.79 Å². The van der Waals surface area contributed by atoms with Crippen molar-refractivity contribution in [1.82, 2.24) is 9.97 Å². The average Bonchev–Trinajstić information content (AvgIpc) is 2.32. The van der Waals surface area contributed by atoms with Gasteiger partial charge in [0.25, 0.3) is 0 Å². The van der Waals surface area contributed by atoms with Crippen molar-refractivity contribution in [3.05, 3.63) is 6.20 Å². The molecule has 0 saturated carbocycles. The van der Waals surface area contributed by atoms with Crippen LogP contribution in [0.3, 0.4) is 0 Å². The Morgan fingerprint density at radius 2 is 2.00 bits per heavy atom. The molecule has 0 spiro atoms. The topological polar surface area (TPSA) is 73.3 Å². The monoisotopic (exact) mass is 267 g/mol. The summed E-state index contributed by atoms with van der Waals surface area (Å²) in [6.07, 6.45) is 1.94. The van der Waals surface area contributed by atoms with Gasteiger partial charge in [0.2, 0.25) is 11.8 Å². The zero-order valence-corrected chi connectivity index (χ0v) is 11.9. The molecule has 0 atom stereocenters. The van der Waals surface area contributed by atoms with Crippen molar-refractivity contribution in [1.29, 1.82) is 0 Å². The molecule has 106 valence electrons. The predicted octanol–water partition coefficient (Wildman–Crippen LogP) is 2.26. The van der Waals surface area contributed by atoms with E-state index in [0.717, 1.165) is 0 Å². The van der Waals surface area contributed by atoms with Gasteiger partial charge in [0.1, 0.15) is 5.69 Å². The Labute approximate surface area is 113 Å². The van der Waals surface area contributed by atoms with Crippen LogP contribution < -0.4 is 14.8 Å². The zero-order chi connectivity index (χ0) is 14.3. The number of hydrogen-bond donors (Lipinski definition) is 1. The van der Waals surface area contributed by atoms with E-state index < -0.39 is 0 Å². The van der Waals surface area contributed by atoms with Crippen LogP contribution in [0.1, 0.15) is 34.1 Å². The molecule has 0 unspecified atom stereocenters. The fourth-order valence-corrected chi connectivity index (χ4v) is 1.45. The Bertz CT molecular complexity index is 422. The molecule has 6 heteroatoms. The summed E-state index contributed by atoms with van der Waals surface area (Å²) >= 11 is 0. The third-order valence-corrected chi connectivity index (χ3v) is 2.15. The fourth-order valence-electron chi connectivity index (χ4n) is 1.45. The van der Waals surface area contributed by atoms with Gasteiger partial charge in [0.05, 0.1) is 19.4 Å². The van der Waals surface area contributed by atoms with Gasteiger partial charge in [-0.2, -0.15) is 4.98 Å². The van der Waals surface area contributed by atoms with Crippen molar-refractivity contribution in [3.63, 3.8) is 0 Å². The lowest BCUT2D eigenvalue weighted by Crippen LogP contribution is -2.15. The predicted molar refractivity (Wildman–Crippen MR) is 72.5 cm³/mol. The lowest BCUT2D eigenvalue weighted by molar-refractivity contribution is -0.116. The number of carbonyl (C=O) groups excluding carboxylic acids is 1. The molecule has 0 saturated heterocycles. The van der Waals surface area contributed by atoms with E-state index in [-0.39, 0.29) is 11.9 Å². The third kappa shape index (κ3) is 5.11. The summed E-state index contributed by atoms with van der Waals surface area (Å²) < 4.78 is 10.6. The van der Waals surface area contributed by atoms with Gasteiger partial charge in [-0.25, -0.2) is 4.98 Å². The molecule has 0 radical (unpaired) electrons. The normalized spacial score (nSPS) is 10.4. The minimum absolute atomic E-state index is 0.0799. The van der Waals surface area contributed by atoms with E-state index >= 15 is 0 Å². The van der Waals surface area contributed by atoms with Crippen molar-refractivity contribution < 1.29 is 14.3 Å². The van der Waals surface area contributed by atoms with Crippen molar-refractivity contribution in [2.24, 2.45) is 5.92 Å². The molecule has 1 amide bonds. The van der Waals surface area contributed by atoms with E-state index in [1.807, 2.05) is 27.7 Å². The highest BCUT2D eigenvalue weighted by Crippen LogP contribution is 2.23. The van der Waals surface area contributed by atoms with Crippen molar-refractivity contribution in [3.8, 4) is 11.9 Å². The van der Waals surface area contributed by atoms with Gasteiger partial charge in [0, 0.05) is 6.42 Å². The summed E-state index contributed by atoms with van der Waals surface area (Å²) in [5, 5.41) is 2.75. The number of nitrogens with one attached hydrogen (secondary N) is 1. The van der Waals surface area contributed by atoms with Crippen LogP contribution in [0.2, 0.25) is 0 Å². The highest BCUT2D eigenvalue weighted by atomic mass is 16.5. The molecule has 0 bridgehead atoms. The molecular weight excluding hydrogens is 246 g/mol. The lowest BCUT2D eigenvalue weighted by Gasteiger charge is -2.12. The van der Waals surface area contributed by atoms with Crippen molar-refractivity contribution in [2.75, 3.05) is 18.5 Å². The molecule has 0 aliphatic carbocycles. The molecule has 1 aromatic heterocycles. The molecular formula is C13H21N3O3. The second-order valence-corrected chi connectivity index (χ2v) is 4.38. The van der Waals surface area contributed by atoms with Crippen LogP contribution in [0, 0.1) is 5.92 Å². The Balaban J connectivity index is 2.83. The molecule has 1 aromatic rings.